The van der Waals surface area contributed by atoms with Gasteiger partial charge in [-0.3, -0.25) is 4.79 Å². The number of nitrogens with two attached hydrogens (primary N) is 1. The monoisotopic (exact) mass is 234 g/mol. The molecule has 1 aromatic rings. The predicted molar refractivity (Wildman–Crippen MR) is 70.4 cm³/mol. The molecular formula is C14H22N2O. The summed E-state index contributed by atoms with van der Waals surface area (Å²) in [6, 6.07) is 8.86. The van der Waals surface area contributed by atoms with Crippen LogP contribution in [0.25, 0.3) is 0 Å². The van der Waals surface area contributed by atoms with Crippen molar-refractivity contribution in [1.82, 2.24) is 5.32 Å². The van der Waals surface area contributed by atoms with Crippen LogP contribution in [0.5, 0.6) is 0 Å². The van der Waals surface area contributed by atoms with Crippen molar-refractivity contribution < 1.29 is 4.79 Å². The molecule has 1 rings (SSSR count). The molecule has 3 nitrogen and oxygen atoms in total. The third-order valence-electron chi connectivity index (χ3n) is 3.18. The van der Waals surface area contributed by atoms with Gasteiger partial charge in [0.05, 0.1) is 0 Å². The number of hydrogen-bond acceptors (Lipinski definition) is 2. The van der Waals surface area contributed by atoms with Crippen LogP contribution in [0.1, 0.15) is 32.4 Å². The van der Waals surface area contributed by atoms with E-state index in [1.165, 1.54) is 0 Å². The average molecular weight is 234 g/mol. The minimum atomic E-state index is -0.574. The van der Waals surface area contributed by atoms with E-state index < -0.39 is 6.04 Å². The third kappa shape index (κ3) is 4.19. The lowest BCUT2D eigenvalue weighted by molar-refractivity contribution is -0.122. The highest BCUT2D eigenvalue weighted by Gasteiger charge is 2.16. The first-order chi connectivity index (χ1) is 8.02. The Labute approximate surface area is 103 Å². The van der Waals surface area contributed by atoms with Crippen LogP contribution >= 0.6 is 0 Å². The lowest BCUT2D eigenvalue weighted by Gasteiger charge is -2.18. The Morgan fingerprint density at radius 1 is 1.24 bits per heavy atom. The van der Waals surface area contributed by atoms with Gasteiger partial charge in [0, 0.05) is 6.54 Å². The molecule has 0 saturated heterocycles. The van der Waals surface area contributed by atoms with Gasteiger partial charge in [-0.1, -0.05) is 51.1 Å². The lowest BCUT2D eigenvalue weighted by Crippen LogP contribution is -2.37. The van der Waals surface area contributed by atoms with E-state index >= 15 is 0 Å². The Morgan fingerprint density at radius 2 is 1.82 bits per heavy atom. The van der Waals surface area contributed by atoms with E-state index in [0.717, 1.165) is 5.56 Å². The molecule has 3 N–H and O–H groups in total. The molecule has 1 aromatic carbocycles. The molecule has 0 aromatic heterocycles. The lowest BCUT2D eigenvalue weighted by atomic mass is 9.98. The highest BCUT2D eigenvalue weighted by atomic mass is 16.2. The summed E-state index contributed by atoms with van der Waals surface area (Å²) >= 11 is 0. The summed E-state index contributed by atoms with van der Waals surface area (Å²) in [7, 11) is 0. The summed E-state index contributed by atoms with van der Waals surface area (Å²) in [6.45, 7) is 7.10. The number of benzene rings is 1. The van der Waals surface area contributed by atoms with E-state index in [0.29, 0.717) is 18.4 Å². The SMILES string of the molecule is CC(C)C(C)CNC(=O)C(N)c1ccccc1. The smallest absolute Gasteiger partial charge is 0.241 e. The zero-order chi connectivity index (χ0) is 12.8. The van der Waals surface area contributed by atoms with Crippen molar-refractivity contribution in [3.63, 3.8) is 0 Å². The number of hydrogen-bond donors (Lipinski definition) is 2. The molecule has 0 saturated carbocycles. The van der Waals surface area contributed by atoms with Gasteiger partial charge in [-0.2, -0.15) is 0 Å². The first kappa shape index (κ1) is 13.7. The summed E-state index contributed by atoms with van der Waals surface area (Å²) < 4.78 is 0. The second kappa shape index (κ2) is 6.40. The summed E-state index contributed by atoms with van der Waals surface area (Å²) in [6.07, 6.45) is 0. The zero-order valence-corrected chi connectivity index (χ0v) is 10.8. The van der Waals surface area contributed by atoms with Gasteiger partial charge in [-0.15, -0.1) is 0 Å². The fourth-order valence-corrected chi connectivity index (χ4v) is 1.42. The largest absolute Gasteiger partial charge is 0.354 e. The number of amides is 1. The van der Waals surface area contributed by atoms with E-state index in [4.69, 9.17) is 5.73 Å². The normalized spacial score (nSPS) is 14.4. The first-order valence-electron chi connectivity index (χ1n) is 6.10. The Kier molecular flexibility index (Phi) is 5.16. The maximum atomic E-state index is 11.8. The standard InChI is InChI=1S/C14H22N2O/c1-10(2)11(3)9-16-14(17)13(15)12-7-5-4-6-8-12/h4-8,10-11,13H,9,15H2,1-3H3,(H,16,17). The van der Waals surface area contributed by atoms with Crippen LogP contribution in [0.4, 0.5) is 0 Å². The molecule has 2 unspecified atom stereocenters. The zero-order valence-electron chi connectivity index (χ0n) is 10.8. The molecule has 0 aliphatic heterocycles. The molecule has 0 heterocycles. The van der Waals surface area contributed by atoms with Crippen molar-refractivity contribution in [3.05, 3.63) is 35.9 Å². The van der Waals surface area contributed by atoms with Crippen molar-refractivity contribution in [1.29, 1.82) is 0 Å². The van der Waals surface area contributed by atoms with Crippen molar-refractivity contribution in [3.8, 4) is 0 Å². The van der Waals surface area contributed by atoms with Gasteiger partial charge in [0.25, 0.3) is 0 Å². The number of carbonyl (C=O) groups excluding carboxylic acids is 1. The Bertz CT molecular complexity index is 348. The van der Waals surface area contributed by atoms with Gasteiger partial charge in [-0.25, -0.2) is 0 Å². The fourth-order valence-electron chi connectivity index (χ4n) is 1.42. The molecule has 0 fully saturated rings. The van der Waals surface area contributed by atoms with Crippen LogP contribution in [0.15, 0.2) is 30.3 Å². The highest BCUT2D eigenvalue weighted by Crippen LogP contribution is 2.11. The van der Waals surface area contributed by atoms with E-state index in [9.17, 15) is 4.79 Å². The van der Waals surface area contributed by atoms with Crippen LogP contribution in [0, 0.1) is 11.8 Å². The number of carbonyl (C=O) groups is 1. The van der Waals surface area contributed by atoms with E-state index in [-0.39, 0.29) is 5.91 Å². The van der Waals surface area contributed by atoms with Crippen molar-refractivity contribution in [2.24, 2.45) is 17.6 Å². The molecule has 0 bridgehead atoms. The second-order valence-corrected chi connectivity index (χ2v) is 4.85. The summed E-state index contributed by atoms with van der Waals surface area (Å²) in [5.74, 6) is 0.911. The van der Waals surface area contributed by atoms with Gasteiger partial charge in [-0.05, 0) is 17.4 Å². The van der Waals surface area contributed by atoms with E-state index in [1.807, 2.05) is 30.3 Å². The van der Waals surface area contributed by atoms with Crippen LogP contribution in [-0.2, 0) is 4.79 Å². The molecule has 3 heteroatoms. The molecule has 0 spiro atoms. The molecular weight excluding hydrogens is 212 g/mol. The Balaban J connectivity index is 2.48. The highest BCUT2D eigenvalue weighted by molar-refractivity contribution is 5.82. The van der Waals surface area contributed by atoms with Crippen molar-refractivity contribution >= 4 is 5.91 Å². The molecule has 0 aliphatic carbocycles. The predicted octanol–water partition coefficient (Wildman–Crippen LogP) is 2.09. The molecule has 0 aliphatic rings. The molecule has 0 radical (unpaired) electrons. The minimum absolute atomic E-state index is 0.108. The fraction of sp³-hybridized carbons (Fsp3) is 0.500. The van der Waals surface area contributed by atoms with Crippen LogP contribution in [0.2, 0.25) is 0 Å². The number of rotatable bonds is 5. The second-order valence-electron chi connectivity index (χ2n) is 4.85. The van der Waals surface area contributed by atoms with Gasteiger partial charge >= 0.3 is 0 Å². The Morgan fingerprint density at radius 3 is 2.35 bits per heavy atom. The topological polar surface area (TPSA) is 55.1 Å². The van der Waals surface area contributed by atoms with E-state index in [2.05, 4.69) is 26.1 Å². The molecule has 94 valence electrons. The summed E-state index contributed by atoms with van der Waals surface area (Å²) in [4.78, 5) is 11.8. The molecule has 2 atom stereocenters. The minimum Gasteiger partial charge on any atom is -0.354 e. The van der Waals surface area contributed by atoms with Gasteiger partial charge in [0.1, 0.15) is 6.04 Å². The average Bonchev–Trinajstić information content (AvgIpc) is 2.35. The molecule has 1 amide bonds. The maximum absolute atomic E-state index is 11.8. The van der Waals surface area contributed by atoms with Gasteiger partial charge in [0.15, 0.2) is 0 Å². The van der Waals surface area contributed by atoms with Crippen LogP contribution in [-0.4, -0.2) is 12.5 Å². The van der Waals surface area contributed by atoms with Crippen molar-refractivity contribution in [2.45, 2.75) is 26.8 Å². The van der Waals surface area contributed by atoms with E-state index in [1.54, 1.807) is 0 Å². The quantitative estimate of drug-likeness (QED) is 0.819. The summed E-state index contributed by atoms with van der Waals surface area (Å²) in [5.41, 5.74) is 6.74. The van der Waals surface area contributed by atoms with Gasteiger partial charge in [0.2, 0.25) is 5.91 Å². The Hall–Kier alpha value is -1.35. The van der Waals surface area contributed by atoms with Crippen molar-refractivity contribution in [2.75, 3.05) is 6.54 Å². The first-order valence-corrected chi connectivity index (χ1v) is 6.10. The van der Waals surface area contributed by atoms with Crippen LogP contribution in [0.3, 0.4) is 0 Å². The third-order valence-corrected chi connectivity index (χ3v) is 3.18. The van der Waals surface area contributed by atoms with Gasteiger partial charge < -0.3 is 11.1 Å². The maximum Gasteiger partial charge on any atom is 0.241 e. The summed E-state index contributed by atoms with van der Waals surface area (Å²) in [5, 5.41) is 2.90. The number of nitrogens with one attached hydrogen (secondary N) is 1. The van der Waals surface area contributed by atoms with Crippen LogP contribution < -0.4 is 11.1 Å². The molecule has 17 heavy (non-hydrogen) atoms.